The molecule has 0 amide bonds. The van der Waals surface area contributed by atoms with Gasteiger partial charge in [-0.2, -0.15) is 0 Å². The third-order valence-corrected chi connectivity index (χ3v) is 2.07. The van der Waals surface area contributed by atoms with Crippen LogP contribution in [0, 0.1) is 6.92 Å². The van der Waals surface area contributed by atoms with Gasteiger partial charge in [-0.25, -0.2) is 0 Å². The van der Waals surface area contributed by atoms with Crippen LogP contribution in [0.3, 0.4) is 0 Å². The summed E-state index contributed by atoms with van der Waals surface area (Å²) >= 11 is 5.91. The summed E-state index contributed by atoms with van der Waals surface area (Å²) in [5.74, 6) is 0. The van der Waals surface area contributed by atoms with Crippen molar-refractivity contribution >= 4 is 17.8 Å². The number of benzene rings is 1. The first-order valence-electron chi connectivity index (χ1n) is 4.70. The maximum atomic E-state index is 5.91. The Morgan fingerprint density at radius 2 is 1.93 bits per heavy atom. The van der Waals surface area contributed by atoms with Crippen LogP contribution in [0.4, 0.5) is 0 Å². The van der Waals surface area contributed by atoms with Crippen molar-refractivity contribution in [3.05, 3.63) is 34.3 Å². The highest BCUT2D eigenvalue weighted by Gasteiger charge is 2.05. The zero-order valence-electron chi connectivity index (χ0n) is 9.13. The number of nitrogens with zero attached hydrogens (tertiary/aromatic N) is 1. The lowest BCUT2D eigenvalue weighted by atomic mass is 10.1. The summed E-state index contributed by atoms with van der Waals surface area (Å²) in [5.41, 5.74) is 2.25. The van der Waals surface area contributed by atoms with Crippen molar-refractivity contribution in [2.24, 2.45) is 4.99 Å². The van der Waals surface area contributed by atoms with Crippen LogP contribution in [0.5, 0.6) is 0 Å². The Bertz CT molecular complexity index is 348. The smallest absolute Gasteiger partial charge is 0.0524 e. The Balaban J connectivity index is 2.97. The highest BCUT2D eigenvalue weighted by molar-refractivity contribution is 6.30. The zero-order chi connectivity index (χ0) is 10.8. The monoisotopic (exact) mass is 209 g/mol. The van der Waals surface area contributed by atoms with Crippen molar-refractivity contribution in [1.29, 1.82) is 0 Å². The van der Waals surface area contributed by atoms with E-state index in [4.69, 9.17) is 11.6 Å². The lowest BCUT2D eigenvalue weighted by molar-refractivity contribution is 0.586. The van der Waals surface area contributed by atoms with E-state index in [-0.39, 0.29) is 5.54 Å². The summed E-state index contributed by atoms with van der Waals surface area (Å²) in [7, 11) is 0. The lowest BCUT2D eigenvalue weighted by Gasteiger charge is -2.11. The largest absolute Gasteiger partial charge is 0.287 e. The van der Waals surface area contributed by atoms with Gasteiger partial charge in [-0.1, -0.05) is 17.7 Å². The molecule has 76 valence electrons. The average Bonchev–Trinajstić information content (AvgIpc) is 2.05. The number of hydrogen-bond donors (Lipinski definition) is 0. The molecule has 0 heterocycles. The fraction of sp³-hybridized carbons (Fsp3) is 0.417. The molecule has 1 aromatic rings. The molecule has 14 heavy (non-hydrogen) atoms. The maximum Gasteiger partial charge on any atom is 0.0524 e. The summed E-state index contributed by atoms with van der Waals surface area (Å²) in [5, 5.41) is 0.756. The fourth-order valence-electron chi connectivity index (χ4n) is 1.01. The van der Waals surface area contributed by atoms with Crippen LogP contribution >= 0.6 is 11.6 Å². The van der Waals surface area contributed by atoms with Crippen LogP contribution in [0.1, 0.15) is 31.9 Å². The van der Waals surface area contributed by atoms with Crippen LogP contribution in [-0.2, 0) is 0 Å². The second-order valence-electron chi connectivity index (χ2n) is 4.43. The Morgan fingerprint density at radius 1 is 1.29 bits per heavy atom. The van der Waals surface area contributed by atoms with Gasteiger partial charge in [0.1, 0.15) is 0 Å². The minimum Gasteiger partial charge on any atom is -0.287 e. The molecule has 0 radical (unpaired) electrons. The van der Waals surface area contributed by atoms with Crippen molar-refractivity contribution < 1.29 is 0 Å². The molecule has 0 saturated carbocycles. The van der Waals surface area contributed by atoms with Crippen molar-refractivity contribution in [2.45, 2.75) is 33.2 Å². The van der Waals surface area contributed by atoms with Crippen molar-refractivity contribution in [2.75, 3.05) is 0 Å². The van der Waals surface area contributed by atoms with Crippen molar-refractivity contribution in [1.82, 2.24) is 0 Å². The number of aryl methyl sites for hydroxylation is 1. The number of aliphatic imine (C=N–C) groups is 1. The topological polar surface area (TPSA) is 12.4 Å². The van der Waals surface area contributed by atoms with E-state index in [0.717, 1.165) is 10.6 Å². The molecule has 0 N–H and O–H groups in total. The molecule has 0 aliphatic rings. The van der Waals surface area contributed by atoms with Gasteiger partial charge in [0.25, 0.3) is 0 Å². The maximum absolute atomic E-state index is 5.91. The Hall–Kier alpha value is -0.820. The number of hydrogen-bond acceptors (Lipinski definition) is 1. The van der Waals surface area contributed by atoms with Crippen LogP contribution in [0.15, 0.2) is 23.2 Å². The molecule has 0 atom stereocenters. The minimum absolute atomic E-state index is 0.0330. The predicted molar refractivity (Wildman–Crippen MR) is 63.5 cm³/mol. The highest BCUT2D eigenvalue weighted by atomic mass is 35.5. The average molecular weight is 210 g/mol. The molecule has 0 aromatic heterocycles. The molecule has 0 saturated heterocycles. The quantitative estimate of drug-likeness (QED) is 0.623. The third kappa shape index (κ3) is 3.51. The van der Waals surface area contributed by atoms with E-state index in [1.165, 1.54) is 5.56 Å². The molecule has 1 aromatic carbocycles. The Kier molecular flexibility index (Phi) is 3.33. The summed E-state index contributed by atoms with van der Waals surface area (Å²) in [6, 6.07) is 5.84. The van der Waals surface area contributed by atoms with Gasteiger partial charge in [-0.05, 0) is 51.0 Å². The van der Waals surface area contributed by atoms with Gasteiger partial charge in [-0.3, -0.25) is 4.99 Å². The predicted octanol–water partition coefficient (Wildman–Crippen LogP) is 3.87. The van der Waals surface area contributed by atoms with E-state index in [1.807, 2.05) is 24.4 Å². The van der Waals surface area contributed by atoms with Gasteiger partial charge >= 0.3 is 0 Å². The van der Waals surface area contributed by atoms with E-state index in [9.17, 15) is 0 Å². The molecule has 2 heteroatoms. The van der Waals surface area contributed by atoms with Gasteiger partial charge in [-0.15, -0.1) is 0 Å². The van der Waals surface area contributed by atoms with Crippen molar-refractivity contribution in [3.63, 3.8) is 0 Å². The third-order valence-electron chi connectivity index (χ3n) is 1.83. The standard InChI is InChI=1S/C12H16ClN/c1-9-5-6-11(13)7-10(9)8-14-12(2,3)4/h5-8H,1-4H3. The van der Waals surface area contributed by atoms with Gasteiger partial charge in [0.15, 0.2) is 0 Å². The van der Waals surface area contributed by atoms with E-state index in [0.29, 0.717) is 0 Å². The molecule has 0 bridgehead atoms. The molecule has 1 rings (SSSR count). The molecule has 0 unspecified atom stereocenters. The summed E-state index contributed by atoms with van der Waals surface area (Å²) < 4.78 is 0. The molecule has 1 nitrogen and oxygen atoms in total. The lowest BCUT2D eigenvalue weighted by Crippen LogP contribution is -2.09. The van der Waals surface area contributed by atoms with Crippen LogP contribution < -0.4 is 0 Å². The summed E-state index contributed by atoms with van der Waals surface area (Å²) in [6.45, 7) is 8.27. The van der Waals surface area contributed by atoms with E-state index in [2.05, 4.69) is 32.7 Å². The first-order chi connectivity index (χ1) is 6.38. The van der Waals surface area contributed by atoms with Crippen LogP contribution in [-0.4, -0.2) is 11.8 Å². The first-order valence-corrected chi connectivity index (χ1v) is 5.08. The van der Waals surface area contributed by atoms with Crippen molar-refractivity contribution in [3.8, 4) is 0 Å². The van der Waals surface area contributed by atoms with E-state index < -0.39 is 0 Å². The van der Waals surface area contributed by atoms with E-state index in [1.54, 1.807) is 0 Å². The molecule has 0 fully saturated rings. The first kappa shape index (κ1) is 11.3. The normalized spacial score (nSPS) is 12.4. The fourth-order valence-corrected chi connectivity index (χ4v) is 1.19. The Labute approximate surface area is 90.8 Å². The SMILES string of the molecule is Cc1ccc(Cl)cc1C=NC(C)(C)C. The second kappa shape index (κ2) is 4.14. The summed E-state index contributed by atoms with van der Waals surface area (Å²) in [4.78, 5) is 4.45. The number of halogens is 1. The van der Waals surface area contributed by atoms with Gasteiger partial charge in [0, 0.05) is 11.2 Å². The molecular weight excluding hydrogens is 194 g/mol. The van der Waals surface area contributed by atoms with Crippen LogP contribution in [0.2, 0.25) is 5.02 Å². The minimum atomic E-state index is -0.0330. The van der Waals surface area contributed by atoms with Gasteiger partial charge < -0.3 is 0 Å². The molecule has 0 aliphatic carbocycles. The second-order valence-corrected chi connectivity index (χ2v) is 4.87. The zero-order valence-corrected chi connectivity index (χ0v) is 9.89. The number of rotatable bonds is 1. The molecule has 0 aliphatic heterocycles. The van der Waals surface area contributed by atoms with Gasteiger partial charge in [0.2, 0.25) is 0 Å². The van der Waals surface area contributed by atoms with Crippen LogP contribution in [0.25, 0.3) is 0 Å². The highest BCUT2D eigenvalue weighted by Crippen LogP contribution is 2.15. The molecule has 0 spiro atoms. The Morgan fingerprint density at radius 3 is 2.50 bits per heavy atom. The van der Waals surface area contributed by atoms with E-state index >= 15 is 0 Å². The molecular formula is C12H16ClN. The summed E-state index contributed by atoms with van der Waals surface area (Å²) in [6.07, 6.45) is 1.89. The van der Waals surface area contributed by atoms with Gasteiger partial charge in [0.05, 0.1) is 5.54 Å².